The Hall–Kier alpha value is -4.02. The van der Waals surface area contributed by atoms with E-state index in [1.807, 2.05) is 60.0 Å². The molecule has 2 aromatic carbocycles. The van der Waals surface area contributed by atoms with Gasteiger partial charge in [-0.25, -0.2) is 9.98 Å². The second-order valence-electron chi connectivity index (χ2n) is 6.80. The van der Waals surface area contributed by atoms with Gasteiger partial charge < -0.3 is 4.98 Å². The summed E-state index contributed by atoms with van der Waals surface area (Å²) in [7, 11) is 0. The molecular weight excluding hydrogens is 394 g/mol. The number of hydrogen-bond acceptors (Lipinski definition) is 5. The zero-order chi connectivity index (χ0) is 20.7. The lowest BCUT2D eigenvalue weighted by Crippen LogP contribution is -2.20. The third-order valence-corrected chi connectivity index (χ3v) is 5.80. The molecule has 0 atom stereocenters. The van der Waals surface area contributed by atoms with E-state index in [4.69, 9.17) is 0 Å². The van der Waals surface area contributed by atoms with E-state index < -0.39 is 0 Å². The average Bonchev–Trinajstić information content (AvgIpc) is 3.39. The minimum absolute atomic E-state index is 0.220. The monoisotopic (exact) mass is 409 g/mol. The molecule has 3 heterocycles. The quantitative estimate of drug-likeness (QED) is 0.433. The Morgan fingerprint density at radius 2 is 1.93 bits per heavy atom. The van der Waals surface area contributed by atoms with Crippen LogP contribution in [0.5, 0.6) is 0 Å². The summed E-state index contributed by atoms with van der Waals surface area (Å²) >= 11 is 1.40. The molecule has 5 rings (SSSR count). The van der Waals surface area contributed by atoms with Gasteiger partial charge in [-0.2, -0.15) is 5.26 Å². The molecule has 3 aromatic heterocycles. The fourth-order valence-corrected chi connectivity index (χ4v) is 4.20. The summed E-state index contributed by atoms with van der Waals surface area (Å²) in [6.45, 7) is 1.77. The third kappa shape index (κ3) is 2.82. The van der Waals surface area contributed by atoms with Crippen LogP contribution < -0.4 is 5.56 Å². The lowest BCUT2D eigenvalue weighted by atomic mass is 10.1. The van der Waals surface area contributed by atoms with Gasteiger partial charge in [0.1, 0.15) is 11.7 Å². The standard InChI is InChI=1S/C23H15N5OS/c1-14-16(11-24)21-26-18-9-5-6-10-20(18)28(21)22(29)17(14)12-25-23-27-19(13-30-23)15-7-3-2-4-8-15/h2-10,12-13,26H,1H3. The van der Waals surface area contributed by atoms with Crippen LogP contribution in [0.25, 0.3) is 27.9 Å². The van der Waals surface area contributed by atoms with Crippen molar-refractivity contribution in [3.8, 4) is 17.3 Å². The van der Waals surface area contributed by atoms with Crippen LogP contribution in [0.1, 0.15) is 16.7 Å². The molecule has 7 heteroatoms. The van der Waals surface area contributed by atoms with Crippen molar-refractivity contribution in [3.63, 3.8) is 0 Å². The summed E-state index contributed by atoms with van der Waals surface area (Å²) in [5.41, 5.74) is 5.06. The third-order valence-electron chi connectivity index (χ3n) is 5.05. The fourth-order valence-electron chi connectivity index (χ4n) is 3.53. The SMILES string of the molecule is Cc1c(C=Nc2nc(-c3ccccc3)cs2)c(=O)n2c([nH]c3ccccc32)c1C#N. The second-order valence-corrected chi connectivity index (χ2v) is 7.63. The van der Waals surface area contributed by atoms with Gasteiger partial charge in [0.05, 0.1) is 27.9 Å². The summed E-state index contributed by atoms with van der Waals surface area (Å²) in [4.78, 5) is 25.4. The van der Waals surface area contributed by atoms with Crippen molar-refractivity contribution in [2.24, 2.45) is 4.99 Å². The van der Waals surface area contributed by atoms with E-state index in [1.165, 1.54) is 17.6 Å². The van der Waals surface area contributed by atoms with Crippen molar-refractivity contribution in [1.82, 2.24) is 14.4 Å². The van der Waals surface area contributed by atoms with Gasteiger partial charge in [0.15, 0.2) is 0 Å². The highest BCUT2D eigenvalue weighted by molar-refractivity contribution is 7.13. The molecule has 0 saturated heterocycles. The summed E-state index contributed by atoms with van der Waals surface area (Å²) in [5, 5.41) is 12.2. The van der Waals surface area contributed by atoms with Crippen LogP contribution in [0.4, 0.5) is 5.13 Å². The molecule has 30 heavy (non-hydrogen) atoms. The summed E-state index contributed by atoms with van der Waals surface area (Å²) < 4.78 is 1.54. The number of aromatic nitrogens is 3. The Labute approximate surface area is 175 Å². The highest BCUT2D eigenvalue weighted by Gasteiger charge is 2.17. The number of nitrogens with zero attached hydrogens (tertiary/aromatic N) is 4. The molecule has 0 aliphatic heterocycles. The second kappa shape index (κ2) is 7.10. The number of aliphatic imine (C=N–C) groups is 1. The van der Waals surface area contributed by atoms with Crippen molar-refractivity contribution in [1.29, 1.82) is 5.26 Å². The Kier molecular flexibility index (Phi) is 4.27. The van der Waals surface area contributed by atoms with E-state index in [9.17, 15) is 10.1 Å². The molecule has 0 saturated carbocycles. The number of nitrogens with one attached hydrogen (secondary N) is 1. The summed E-state index contributed by atoms with van der Waals surface area (Å²) in [5.74, 6) is 0. The average molecular weight is 409 g/mol. The van der Waals surface area contributed by atoms with Gasteiger partial charge in [-0.3, -0.25) is 9.20 Å². The molecule has 144 valence electrons. The number of para-hydroxylation sites is 2. The van der Waals surface area contributed by atoms with Crippen molar-refractivity contribution < 1.29 is 0 Å². The number of aromatic amines is 1. The van der Waals surface area contributed by atoms with Gasteiger partial charge in [0.25, 0.3) is 5.56 Å². The van der Waals surface area contributed by atoms with Gasteiger partial charge in [-0.05, 0) is 24.6 Å². The van der Waals surface area contributed by atoms with Crippen LogP contribution in [0, 0.1) is 18.3 Å². The Bertz CT molecular complexity index is 1530. The van der Waals surface area contributed by atoms with Gasteiger partial charge in [0.2, 0.25) is 5.13 Å². The number of nitriles is 1. The zero-order valence-electron chi connectivity index (χ0n) is 16.0. The van der Waals surface area contributed by atoms with Crippen molar-refractivity contribution in [3.05, 3.63) is 87.0 Å². The molecule has 5 aromatic rings. The molecule has 0 aliphatic rings. The van der Waals surface area contributed by atoms with E-state index in [0.717, 1.165) is 22.3 Å². The maximum Gasteiger partial charge on any atom is 0.265 e. The number of rotatable bonds is 3. The minimum Gasteiger partial charge on any atom is -0.338 e. The maximum atomic E-state index is 13.3. The molecule has 1 N–H and O–H groups in total. The summed E-state index contributed by atoms with van der Waals surface area (Å²) in [6.07, 6.45) is 1.51. The van der Waals surface area contributed by atoms with Gasteiger partial charge in [-0.1, -0.05) is 42.5 Å². The van der Waals surface area contributed by atoms with E-state index >= 15 is 0 Å². The highest BCUT2D eigenvalue weighted by Crippen LogP contribution is 2.27. The highest BCUT2D eigenvalue weighted by atomic mass is 32.1. The first-order valence-electron chi connectivity index (χ1n) is 9.28. The van der Waals surface area contributed by atoms with Gasteiger partial charge in [-0.15, -0.1) is 11.3 Å². The van der Waals surface area contributed by atoms with Crippen LogP contribution in [-0.4, -0.2) is 20.6 Å². The molecule has 6 nitrogen and oxygen atoms in total. The van der Waals surface area contributed by atoms with Crippen LogP contribution in [0.2, 0.25) is 0 Å². The first-order chi connectivity index (χ1) is 14.7. The van der Waals surface area contributed by atoms with E-state index in [2.05, 4.69) is 21.0 Å². The van der Waals surface area contributed by atoms with Crippen LogP contribution in [-0.2, 0) is 0 Å². The van der Waals surface area contributed by atoms with E-state index in [0.29, 0.717) is 27.5 Å². The molecule has 0 bridgehead atoms. The predicted molar refractivity (Wildman–Crippen MR) is 120 cm³/mol. The maximum absolute atomic E-state index is 13.3. The number of fused-ring (bicyclic) bond motifs is 3. The van der Waals surface area contributed by atoms with Crippen LogP contribution in [0.15, 0.2) is 69.8 Å². The number of benzene rings is 2. The Morgan fingerprint density at radius 3 is 2.73 bits per heavy atom. The Morgan fingerprint density at radius 1 is 1.17 bits per heavy atom. The van der Waals surface area contributed by atoms with Gasteiger partial charge >= 0.3 is 0 Å². The first-order valence-corrected chi connectivity index (χ1v) is 10.2. The van der Waals surface area contributed by atoms with Crippen LogP contribution in [0.3, 0.4) is 0 Å². The topological polar surface area (TPSA) is 86.3 Å². The largest absolute Gasteiger partial charge is 0.338 e. The number of pyridine rings is 1. The molecule has 0 radical (unpaired) electrons. The van der Waals surface area contributed by atoms with Gasteiger partial charge in [0, 0.05) is 17.2 Å². The molecule has 0 unspecified atom stereocenters. The smallest absolute Gasteiger partial charge is 0.265 e. The predicted octanol–water partition coefficient (Wildman–Crippen LogP) is 4.84. The lowest BCUT2D eigenvalue weighted by Gasteiger charge is -2.05. The molecule has 0 amide bonds. The molecule has 0 aliphatic carbocycles. The van der Waals surface area contributed by atoms with Crippen molar-refractivity contribution in [2.75, 3.05) is 0 Å². The molecular formula is C23H15N5OS. The van der Waals surface area contributed by atoms with Crippen molar-refractivity contribution in [2.45, 2.75) is 6.92 Å². The Balaban J connectivity index is 1.65. The number of thiazole rings is 1. The molecule has 0 fully saturated rings. The first kappa shape index (κ1) is 18.0. The van der Waals surface area contributed by atoms with E-state index in [1.54, 1.807) is 11.3 Å². The van der Waals surface area contributed by atoms with E-state index in [-0.39, 0.29) is 5.56 Å². The fraction of sp³-hybridized carbons (Fsp3) is 0.0435. The van der Waals surface area contributed by atoms with Crippen molar-refractivity contribution >= 4 is 39.4 Å². The lowest BCUT2D eigenvalue weighted by molar-refractivity contribution is 1.12. The zero-order valence-corrected chi connectivity index (χ0v) is 16.8. The number of H-pyrrole nitrogens is 1. The number of imidazole rings is 1. The number of hydrogen-bond donors (Lipinski definition) is 1. The summed E-state index contributed by atoms with van der Waals surface area (Å²) in [6, 6.07) is 19.6. The van der Waals surface area contributed by atoms with Crippen LogP contribution >= 0.6 is 11.3 Å². The minimum atomic E-state index is -0.220. The molecule has 0 spiro atoms. The normalized spacial score (nSPS) is 11.5.